The van der Waals surface area contributed by atoms with Crippen molar-refractivity contribution in [1.82, 2.24) is 0 Å². The summed E-state index contributed by atoms with van der Waals surface area (Å²) in [4.78, 5) is 0. The number of fused-ring (bicyclic) bond motifs is 1. The predicted octanol–water partition coefficient (Wildman–Crippen LogP) is 0.382. The summed E-state index contributed by atoms with van der Waals surface area (Å²) in [6, 6.07) is 7.37. The number of rotatable bonds is 4. The topological polar surface area (TPSA) is 192 Å². The molecule has 1 aliphatic heterocycles. The minimum absolute atomic E-state index is 0.0465. The second-order valence-electron chi connectivity index (χ2n) is 7.34. The lowest BCUT2D eigenvalue weighted by Gasteiger charge is -2.39. The van der Waals surface area contributed by atoms with Crippen molar-refractivity contribution >= 4 is 11.0 Å². The molecule has 0 amide bonds. The van der Waals surface area contributed by atoms with Gasteiger partial charge in [-0.15, -0.1) is 0 Å². The SMILES string of the molecule is OC[C@H]1O[C@@H](Oc2cc3c(O)cc(O)cc3[o+]c2-c2ccc(O)c(O)c2)[C@H](O)[C@@H](O)[C@@H]1O. The van der Waals surface area contributed by atoms with Gasteiger partial charge in [0.05, 0.1) is 18.2 Å². The maximum Gasteiger partial charge on any atom is 0.402 e. The first-order chi connectivity index (χ1) is 15.2. The zero-order valence-electron chi connectivity index (χ0n) is 16.4. The number of phenols is 4. The third kappa shape index (κ3) is 3.83. The summed E-state index contributed by atoms with van der Waals surface area (Å²) in [5.74, 6) is -1.64. The Morgan fingerprint density at radius 1 is 0.844 bits per heavy atom. The Bertz CT molecular complexity index is 1150. The molecule has 5 atom stereocenters. The Morgan fingerprint density at radius 3 is 2.28 bits per heavy atom. The van der Waals surface area contributed by atoms with Crippen LogP contribution < -0.4 is 4.74 Å². The zero-order chi connectivity index (χ0) is 23.2. The van der Waals surface area contributed by atoms with Crippen molar-refractivity contribution in [3.8, 4) is 40.1 Å². The van der Waals surface area contributed by atoms with E-state index >= 15 is 0 Å². The highest BCUT2D eigenvalue weighted by Gasteiger charge is 2.45. The fraction of sp³-hybridized carbons (Fsp3) is 0.286. The maximum absolute atomic E-state index is 10.3. The number of phenolic OH excluding ortho intramolecular Hbond substituents is 4. The highest BCUT2D eigenvalue weighted by molar-refractivity contribution is 5.88. The van der Waals surface area contributed by atoms with Crippen LogP contribution in [0.25, 0.3) is 22.3 Å². The molecule has 1 aromatic heterocycles. The highest BCUT2D eigenvalue weighted by atomic mass is 16.7. The molecule has 2 heterocycles. The number of aliphatic hydroxyl groups excluding tert-OH is 4. The molecule has 1 aliphatic rings. The van der Waals surface area contributed by atoms with Gasteiger partial charge in [0.15, 0.2) is 11.5 Å². The molecule has 0 aliphatic carbocycles. The number of hydrogen-bond donors (Lipinski definition) is 8. The molecule has 32 heavy (non-hydrogen) atoms. The molecule has 170 valence electrons. The van der Waals surface area contributed by atoms with Crippen LogP contribution in [-0.4, -0.2) is 78.2 Å². The third-order valence-corrected chi connectivity index (χ3v) is 5.15. The van der Waals surface area contributed by atoms with Crippen LogP contribution in [-0.2, 0) is 4.74 Å². The van der Waals surface area contributed by atoms with Gasteiger partial charge < -0.3 is 50.3 Å². The summed E-state index contributed by atoms with van der Waals surface area (Å²) in [6.45, 7) is -0.661. The van der Waals surface area contributed by atoms with Crippen molar-refractivity contribution in [1.29, 1.82) is 0 Å². The van der Waals surface area contributed by atoms with Crippen LogP contribution in [0.5, 0.6) is 28.7 Å². The van der Waals surface area contributed by atoms with Crippen molar-refractivity contribution in [2.24, 2.45) is 0 Å². The van der Waals surface area contributed by atoms with E-state index in [1.807, 2.05) is 0 Å². The summed E-state index contributed by atoms with van der Waals surface area (Å²) in [5.41, 5.74) is 0.260. The van der Waals surface area contributed by atoms with Gasteiger partial charge in [-0.3, -0.25) is 0 Å². The van der Waals surface area contributed by atoms with E-state index in [9.17, 15) is 40.9 Å². The van der Waals surface area contributed by atoms with E-state index in [1.54, 1.807) is 0 Å². The van der Waals surface area contributed by atoms with Gasteiger partial charge in [-0.25, -0.2) is 4.42 Å². The van der Waals surface area contributed by atoms with Gasteiger partial charge in [-0.05, 0) is 12.1 Å². The van der Waals surface area contributed by atoms with Crippen LogP contribution >= 0.6 is 0 Å². The highest BCUT2D eigenvalue weighted by Crippen LogP contribution is 2.42. The number of hydrogen-bond acceptors (Lipinski definition) is 10. The van der Waals surface area contributed by atoms with Gasteiger partial charge in [0.1, 0.15) is 41.3 Å². The number of ether oxygens (including phenoxy) is 2. The van der Waals surface area contributed by atoms with E-state index in [2.05, 4.69) is 0 Å². The lowest BCUT2D eigenvalue weighted by Crippen LogP contribution is -2.60. The Labute approximate surface area is 180 Å². The Morgan fingerprint density at radius 2 is 1.59 bits per heavy atom. The molecule has 3 aromatic rings. The molecule has 0 saturated carbocycles. The third-order valence-electron chi connectivity index (χ3n) is 5.15. The van der Waals surface area contributed by atoms with Crippen LogP contribution in [0.1, 0.15) is 0 Å². The smallest absolute Gasteiger partial charge is 0.402 e. The largest absolute Gasteiger partial charge is 0.507 e. The van der Waals surface area contributed by atoms with Gasteiger partial charge in [0, 0.05) is 18.2 Å². The van der Waals surface area contributed by atoms with E-state index in [4.69, 9.17) is 13.9 Å². The summed E-state index contributed by atoms with van der Waals surface area (Å²) in [7, 11) is 0. The molecule has 8 N–H and O–H groups in total. The first-order valence-electron chi connectivity index (χ1n) is 9.52. The fourth-order valence-electron chi connectivity index (χ4n) is 3.43. The Hall–Kier alpha value is -3.35. The van der Waals surface area contributed by atoms with Crippen LogP contribution in [0.3, 0.4) is 0 Å². The summed E-state index contributed by atoms with van der Waals surface area (Å²) >= 11 is 0. The molecule has 1 saturated heterocycles. The van der Waals surface area contributed by atoms with Gasteiger partial charge in [0.2, 0.25) is 12.0 Å². The number of benzene rings is 2. The fourth-order valence-corrected chi connectivity index (χ4v) is 3.43. The van der Waals surface area contributed by atoms with Crippen molar-refractivity contribution < 1.29 is 54.7 Å². The molecule has 0 unspecified atom stereocenters. The van der Waals surface area contributed by atoms with Crippen LogP contribution in [0, 0.1) is 0 Å². The minimum Gasteiger partial charge on any atom is -0.507 e. The zero-order valence-corrected chi connectivity index (χ0v) is 16.4. The Kier molecular flexibility index (Phi) is 5.67. The van der Waals surface area contributed by atoms with E-state index in [1.165, 1.54) is 30.3 Å². The predicted molar refractivity (Wildman–Crippen MR) is 107 cm³/mol. The first-order valence-corrected chi connectivity index (χ1v) is 9.52. The molecule has 11 heteroatoms. The molecule has 0 spiro atoms. The second-order valence-corrected chi connectivity index (χ2v) is 7.34. The van der Waals surface area contributed by atoms with Crippen molar-refractivity contribution in [2.75, 3.05) is 6.61 Å². The molecule has 11 nitrogen and oxygen atoms in total. The van der Waals surface area contributed by atoms with Gasteiger partial charge in [-0.1, -0.05) is 0 Å². The summed E-state index contributed by atoms with van der Waals surface area (Å²) < 4.78 is 16.8. The molecular formula is C21H21O11+. The molecule has 2 aromatic carbocycles. The van der Waals surface area contributed by atoms with Crippen molar-refractivity contribution in [3.63, 3.8) is 0 Å². The van der Waals surface area contributed by atoms with Crippen molar-refractivity contribution in [3.05, 3.63) is 36.4 Å². The minimum atomic E-state index is -1.71. The van der Waals surface area contributed by atoms with Crippen LogP contribution in [0.2, 0.25) is 0 Å². The normalized spacial score (nSPS) is 25.7. The number of aliphatic hydroxyl groups is 4. The quantitative estimate of drug-likeness (QED) is 0.203. The standard InChI is InChI=1S/C21H20O11/c22-7-16-17(27)18(28)19(29)21(32-16)31-15-6-10-12(25)4-9(23)5-14(10)30-20(15)8-1-2-11(24)13(26)3-8/h1-6,16-19,21-22,27-29H,7H2,(H3-,23,24,25,26)/p+1/t16-,17-,18+,19-,21-/m1/s1. The van der Waals surface area contributed by atoms with Crippen LogP contribution in [0.15, 0.2) is 40.8 Å². The van der Waals surface area contributed by atoms with E-state index in [0.717, 1.165) is 6.07 Å². The monoisotopic (exact) mass is 449 g/mol. The van der Waals surface area contributed by atoms with Crippen molar-refractivity contribution in [2.45, 2.75) is 30.7 Å². The second kappa shape index (κ2) is 8.30. The maximum atomic E-state index is 10.3. The lowest BCUT2D eigenvalue weighted by molar-refractivity contribution is -0.277. The van der Waals surface area contributed by atoms with Gasteiger partial charge in [0.25, 0.3) is 0 Å². The average molecular weight is 449 g/mol. The molecular weight excluding hydrogens is 428 g/mol. The van der Waals surface area contributed by atoms with E-state index < -0.39 is 43.1 Å². The number of aromatic hydroxyl groups is 4. The molecule has 0 radical (unpaired) electrons. The first kappa shape index (κ1) is 21.9. The summed E-state index contributed by atoms with van der Waals surface area (Å²) in [5, 5.41) is 79.2. The summed E-state index contributed by atoms with van der Waals surface area (Å²) in [6.07, 6.45) is -7.76. The van der Waals surface area contributed by atoms with E-state index in [0.29, 0.717) is 0 Å². The lowest BCUT2D eigenvalue weighted by atomic mass is 9.99. The van der Waals surface area contributed by atoms with Crippen LogP contribution in [0.4, 0.5) is 0 Å². The Balaban J connectivity index is 1.84. The van der Waals surface area contributed by atoms with Gasteiger partial charge in [-0.2, -0.15) is 0 Å². The van der Waals surface area contributed by atoms with Gasteiger partial charge >= 0.3 is 11.3 Å². The van der Waals surface area contributed by atoms with E-state index in [-0.39, 0.29) is 45.3 Å². The molecule has 4 rings (SSSR count). The molecule has 0 bridgehead atoms. The average Bonchev–Trinajstić information content (AvgIpc) is 2.76. The molecule has 1 fully saturated rings.